The molecule has 0 unspecified atom stereocenters. The average Bonchev–Trinajstić information content (AvgIpc) is 1.55. The molecule has 602 valence electrons. The second-order valence-electron chi connectivity index (χ2n) is 39.4. The molecule has 4 aromatic heterocycles. The van der Waals surface area contributed by atoms with Crippen molar-refractivity contribution >= 4 is 87.2 Å². The number of rotatable bonds is 11. The largest absolute Gasteiger partial charge is 0.307 e. The molecule has 0 amide bonds. The molecule has 14 aromatic carbocycles. The molecule has 0 aliphatic carbocycles. The van der Waals surface area contributed by atoms with Crippen molar-refractivity contribution in [2.24, 2.45) is 0 Å². The van der Waals surface area contributed by atoms with Crippen LogP contribution < -0.4 is 0 Å². The van der Waals surface area contributed by atoms with Gasteiger partial charge in [-0.05, 0) is 208 Å². The highest BCUT2D eigenvalue weighted by molar-refractivity contribution is 6.16. The van der Waals surface area contributed by atoms with Crippen LogP contribution in [0.3, 0.4) is 0 Å². The van der Waals surface area contributed by atoms with Gasteiger partial charge in [-0.15, -0.1) is 0 Å². The Kier molecular flexibility index (Phi) is 18.9. The Hall–Kier alpha value is -14.8. The number of nitrogens with zero attached hydrogens (tertiary/aromatic N) is 10. The van der Waals surface area contributed by atoms with Crippen LogP contribution in [0.2, 0.25) is 0 Å². The first-order valence-corrected chi connectivity index (χ1v) is 42.7. The van der Waals surface area contributed by atoms with Crippen molar-refractivity contribution in [3.8, 4) is 104 Å². The molecule has 0 aliphatic heterocycles. The summed E-state index contributed by atoms with van der Waals surface area (Å²) in [7, 11) is 0. The van der Waals surface area contributed by atoms with E-state index in [0.717, 1.165) is 148 Å². The molecule has 18 aromatic rings. The van der Waals surface area contributed by atoms with Gasteiger partial charge < -0.3 is 18.3 Å². The summed E-state index contributed by atoms with van der Waals surface area (Å²) in [6.45, 7) is 37.8. The first kappa shape index (κ1) is 80.3. The molecule has 0 aliphatic rings. The van der Waals surface area contributed by atoms with Crippen LogP contribution in [0.5, 0.6) is 0 Å². The van der Waals surface area contributed by atoms with Crippen LogP contribution in [0.1, 0.15) is 190 Å². The van der Waals surface area contributed by atoms with Crippen LogP contribution in [0, 0.1) is 68.0 Å². The molecule has 0 N–H and O–H groups in total. The van der Waals surface area contributed by atoms with E-state index >= 15 is 0 Å². The average molecular weight is 1610 g/mol. The third kappa shape index (κ3) is 13.1. The maximum absolute atomic E-state index is 12.7. The van der Waals surface area contributed by atoms with Crippen molar-refractivity contribution < 1.29 is 0 Å². The third-order valence-corrected chi connectivity index (χ3v) is 25.8. The predicted octanol–water partition coefficient (Wildman–Crippen LogP) is 29.0. The summed E-state index contributed by atoms with van der Waals surface area (Å²) in [4.78, 5) is 0. The van der Waals surface area contributed by atoms with E-state index in [2.05, 4.69) is 354 Å². The molecule has 10 heteroatoms. The summed E-state index contributed by atoms with van der Waals surface area (Å²) < 4.78 is 8.48. The molecule has 18 rings (SSSR count). The van der Waals surface area contributed by atoms with Crippen molar-refractivity contribution in [3.05, 3.63) is 333 Å². The second kappa shape index (κ2) is 29.3. The van der Waals surface area contributed by atoms with Crippen molar-refractivity contribution in [3.63, 3.8) is 0 Å². The molecule has 0 atom stereocenters. The lowest BCUT2D eigenvalue weighted by Gasteiger charge is -2.26. The molecule has 0 saturated carbocycles. The van der Waals surface area contributed by atoms with Gasteiger partial charge in [-0.2, -0.15) is 31.6 Å². The predicted molar refractivity (Wildman–Crippen MR) is 511 cm³/mol. The molecule has 124 heavy (non-hydrogen) atoms. The minimum atomic E-state index is -0.558. The summed E-state index contributed by atoms with van der Waals surface area (Å²) in [5.41, 5.74) is 21.4. The van der Waals surface area contributed by atoms with Crippen molar-refractivity contribution in [1.29, 1.82) is 31.6 Å². The molecule has 0 spiro atoms. The van der Waals surface area contributed by atoms with Crippen LogP contribution in [0.4, 0.5) is 0 Å². The maximum Gasteiger partial charge on any atom is 0.104 e. The van der Waals surface area contributed by atoms with Gasteiger partial charge >= 0.3 is 0 Å². The van der Waals surface area contributed by atoms with E-state index in [-0.39, 0.29) is 60.5 Å². The van der Waals surface area contributed by atoms with Crippen LogP contribution in [-0.2, 0) is 38.9 Å². The number of aromatic nitrogens is 4. The highest BCUT2D eigenvalue weighted by Gasteiger charge is 2.37. The summed E-state index contributed by atoms with van der Waals surface area (Å²) in [5, 5.41) is 81.2. The lowest BCUT2D eigenvalue weighted by Crippen LogP contribution is -2.20. The van der Waals surface area contributed by atoms with Crippen LogP contribution in [0.15, 0.2) is 261 Å². The van der Waals surface area contributed by atoms with Crippen molar-refractivity contribution in [2.45, 2.75) is 157 Å². The van der Waals surface area contributed by atoms with Gasteiger partial charge in [0.25, 0.3) is 0 Å². The zero-order chi connectivity index (χ0) is 87.3. The van der Waals surface area contributed by atoms with Gasteiger partial charge in [0.15, 0.2) is 0 Å². The van der Waals surface area contributed by atoms with E-state index < -0.39 is 5.41 Å². The Morgan fingerprint density at radius 1 is 0.210 bits per heavy atom. The van der Waals surface area contributed by atoms with Crippen molar-refractivity contribution in [2.75, 3.05) is 0 Å². The van der Waals surface area contributed by atoms with Gasteiger partial charge in [0.1, 0.15) is 53.1 Å². The van der Waals surface area contributed by atoms with Crippen LogP contribution >= 0.6 is 0 Å². The zero-order valence-corrected chi connectivity index (χ0v) is 73.5. The van der Waals surface area contributed by atoms with E-state index in [1.807, 2.05) is 78.9 Å². The lowest BCUT2D eigenvalue weighted by molar-refractivity contribution is 0.523. The smallest absolute Gasteiger partial charge is 0.104 e. The van der Waals surface area contributed by atoms with Crippen LogP contribution in [-0.4, -0.2) is 18.3 Å². The third-order valence-electron chi connectivity index (χ3n) is 25.8. The van der Waals surface area contributed by atoms with E-state index in [0.29, 0.717) is 51.4 Å². The summed E-state index contributed by atoms with van der Waals surface area (Å²) in [6, 6.07) is 107. The fraction of sp³-hybridized carbons (Fsp3) is 0.211. The minimum Gasteiger partial charge on any atom is -0.307 e. The Labute approximate surface area is 725 Å². The highest BCUT2D eigenvalue weighted by Crippen LogP contribution is 2.51. The highest BCUT2D eigenvalue weighted by atomic mass is 15.1. The molecule has 0 saturated heterocycles. The second-order valence-corrected chi connectivity index (χ2v) is 39.4. The summed E-state index contributed by atoms with van der Waals surface area (Å²) in [6.07, 6.45) is 0.562. The number of nitriles is 6. The Bertz CT molecular complexity index is 7400. The summed E-state index contributed by atoms with van der Waals surface area (Å²) >= 11 is 0. The number of benzene rings is 14. The fourth-order valence-electron chi connectivity index (χ4n) is 19.0. The standard InChI is InChI=1S/C114H96N10/c1-109(2,3)75-39-47-97-83(55-75)84-56-76(110(4,5)6)40-48-98(84)122(97)106-92(65-118)107(123-99-49-41-77(111(7,8)9)57-85(99)86-58-78(112(10,11)12)42-50-100(86)123)94(67-120)108(93(106)66-119)124-101-51-43-79(113(13,14)15)59-87(101)88-60-80(44-52-102(88)124)114(16,17)61-68-33-35-72(36-34-68)104-89(62-115)103(71-31-25-20-26-32-71)90(63-116)105(91(104)64-117)121-95-45-37-73(69-27-21-18-22-28-69)53-81(95)82-54-74(38-46-96(82)121)70-29-23-19-24-30-70/h18-60H,61H2,1-17H3. The molecular weight excluding hydrogens is 1510 g/mol. The SMILES string of the molecule is CC(C)(C)c1ccc2c(c1)c1cc(C(C)(C)C)ccc1n2-c1c(C#N)c(-n2c3ccc(C(C)(C)C)cc3c3cc(C(C)(C)C)ccc32)c(C#N)c(-n2c3ccc(C(C)(C)C)cc3c3cc(C(C)(C)Cc4ccc(-c5c(C#N)c(-c6ccccc6)c(C#N)c(-n6c7ccc(-c8ccccc8)cc7c7cc(-c8ccccc8)ccc76)c5C#N)cc4)ccc32)c1C#N. The fourth-order valence-corrected chi connectivity index (χ4v) is 19.0. The molecule has 0 fully saturated rings. The Morgan fingerprint density at radius 3 is 0.694 bits per heavy atom. The van der Waals surface area contributed by atoms with E-state index in [4.69, 9.17) is 0 Å². The lowest BCUT2D eigenvalue weighted by atomic mass is 9.78. The minimum absolute atomic E-state index is 0.173. The normalized spacial score (nSPS) is 12.4. The monoisotopic (exact) mass is 1600 g/mol. The van der Waals surface area contributed by atoms with E-state index in [1.165, 1.54) is 0 Å². The van der Waals surface area contributed by atoms with Gasteiger partial charge in [-0.25, -0.2) is 0 Å². The number of hydrogen-bond acceptors (Lipinski definition) is 6. The van der Waals surface area contributed by atoms with Crippen LogP contribution in [0.25, 0.3) is 154 Å². The molecular formula is C114H96N10. The van der Waals surface area contributed by atoms with E-state index in [9.17, 15) is 31.6 Å². The molecule has 10 nitrogen and oxygen atoms in total. The van der Waals surface area contributed by atoms with Crippen molar-refractivity contribution in [1.82, 2.24) is 18.3 Å². The number of hydrogen-bond donors (Lipinski definition) is 0. The Balaban J connectivity index is 0.850. The molecule has 0 radical (unpaired) electrons. The molecule has 0 bridgehead atoms. The van der Waals surface area contributed by atoms with E-state index in [1.54, 1.807) is 0 Å². The quantitative estimate of drug-likeness (QED) is 0.125. The summed E-state index contributed by atoms with van der Waals surface area (Å²) in [5.74, 6) is 0. The Morgan fingerprint density at radius 2 is 0.427 bits per heavy atom. The van der Waals surface area contributed by atoms with Gasteiger partial charge in [-0.3, -0.25) is 0 Å². The van der Waals surface area contributed by atoms with Gasteiger partial charge in [0, 0.05) is 54.2 Å². The van der Waals surface area contributed by atoms with Gasteiger partial charge in [0.05, 0.1) is 83.6 Å². The maximum atomic E-state index is 12.7. The topological polar surface area (TPSA) is 162 Å². The first-order chi connectivity index (χ1) is 59.2. The first-order valence-electron chi connectivity index (χ1n) is 42.7. The van der Waals surface area contributed by atoms with Gasteiger partial charge in [-0.1, -0.05) is 281 Å². The molecule has 4 heterocycles. The number of fused-ring (bicyclic) bond motifs is 12. The van der Waals surface area contributed by atoms with Gasteiger partial charge in [0.2, 0.25) is 0 Å². The zero-order valence-electron chi connectivity index (χ0n) is 73.5.